The molecule has 10 heteroatoms. The minimum absolute atomic E-state index is 0.00252. The van der Waals surface area contributed by atoms with Crippen LogP contribution < -0.4 is 16.6 Å². The molecule has 1 atom stereocenters. The summed E-state index contributed by atoms with van der Waals surface area (Å²) < 4.78 is 61.4. The minimum Gasteiger partial charge on any atom is -0.364 e. The third-order valence-corrected chi connectivity index (χ3v) is 5.14. The summed E-state index contributed by atoms with van der Waals surface area (Å²) in [4.78, 5) is 3.88. The fraction of sp³-hybridized carbons (Fsp3) is 0.545. The molecule has 1 aromatic heterocycles. The van der Waals surface area contributed by atoms with Crippen LogP contribution in [0.25, 0.3) is 0 Å². The van der Waals surface area contributed by atoms with Crippen LogP contribution in [0.15, 0.2) is 12.1 Å². The number of hydrogen-bond acceptors (Lipinski definition) is 6. The molecule has 1 aliphatic heterocycles. The number of hydrogen-bond donors (Lipinski definition) is 3. The van der Waals surface area contributed by atoms with Crippen molar-refractivity contribution in [1.29, 1.82) is 0 Å². The number of nitrogens with one attached hydrogen (secondary N) is 2. The molecule has 2 rings (SSSR count). The first-order valence-electron chi connectivity index (χ1n) is 6.08. The van der Waals surface area contributed by atoms with Crippen LogP contribution in [-0.4, -0.2) is 30.4 Å². The lowest BCUT2D eigenvalue weighted by atomic mass is 10.0. The molecular weight excluding hydrogens is 309 g/mol. The molecule has 118 valence electrons. The second kappa shape index (κ2) is 5.02. The van der Waals surface area contributed by atoms with Crippen LogP contribution in [0.3, 0.4) is 0 Å². The van der Waals surface area contributed by atoms with Crippen LogP contribution in [0.1, 0.15) is 18.9 Å². The Balaban J connectivity index is 2.32. The van der Waals surface area contributed by atoms with Gasteiger partial charge >= 0.3 is 6.18 Å². The van der Waals surface area contributed by atoms with E-state index < -0.39 is 27.1 Å². The van der Waals surface area contributed by atoms with Gasteiger partial charge < -0.3 is 10.7 Å². The molecule has 0 spiro atoms. The van der Waals surface area contributed by atoms with Gasteiger partial charge in [-0.15, -0.1) is 0 Å². The Hall–Kier alpha value is -1.55. The van der Waals surface area contributed by atoms with Crippen molar-refractivity contribution < 1.29 is 21.6 Å². The van der Waals surface area contributed by atoms with Crippen molar-refractivity contribution in [1.82, 2.24) is 4.98 Å². The van der Waals surface area contributed by atoms with Crippen molar-refractivity contribution >= 4 is 21.5 Å². The van der Waals surface area contributed by atoms with Crippen LogP contribution >= 0.6 is 0 Å². The van der Waals surface area contributed by atoms with Crippen molar-refractivity contribution in [3.8, 4) is 0 Å². The molecule has 0 amide bonds. The van der Waals surface area contributed by atoms with E-state index in [2.05, 4.69) is 15.7 Å². The average molecular weight is 324 g/mol. The summed E-state index contributed by atoms with van der Waals surface area (Å²) in [6.45, 7) is 1.63. The largest absolute Gasteiger partial charge is 0.416 e. The number of nitrogens with two attached hydrogens (primary N) is 1. The van der Waals surface area contributed by atoms with Gasteiger partial charge in [-0.3, -0.25) is 0 Å². The number of nitrogens with zero attached hydrogens (tertiary/aromatic N) is 1. The Morgan fingerprint density at radius 1 is 1.33 bits per heavy atom. The quantitative estimate of drug-likeness (QED) is 0.574. The fourth-order valence-electron chi connectivity index (χ4n) is 2.25. The SMILES string of the molecule is CC1(Nc2cc(C(F)(F)F)cc(NN)n2)CCS(=O)(=O)C1. The molecule has 6 nitrogen and oxygen atoms in total. The smallest absolute Gasteiger partial charge is 0.364 e. The van der Waals surface area contributed by atoms with Gasteiger partial charge in [0.1, 0.15) is 11.6 Å². The molecule has 1 aliphatic rings. The van der Waals surface area contributed by atoms with Gasteiger partial charge in [0.15, 0.2) is 9.84 Å². The highest BCUT2D eigenvalue weighted by atomic mass is 32.2. The number of sulfone groups is 1. The normalized spacial score (nSPS) is 24.8. The van der Waals surface area contributed by atoms with Gasteiger partial charge in [-0.25, -0.2) is 19.2 Å². The van der Waals surface area contributed by atoms with Crippen LogP contribution in [0.5, 0.6) is 0 Å². The highest BCUT2D eigenvalue weighted by Gasteiger charge is 2.39. The van der Waals surface area contributed by atoms with Crippen molar-refractivity contribution in [3.63, 3.8) is 0 Å². The van der Waals surface area contributed by atoms with Crippen LogP contribution in [0.2, 0.25) is 0 Å². The molecule has 4 N–H and O–H groups in total. The number of rotatable bonds is 3. The molecule has 1 aromatic rings. The maximum Gasteiger partial charge on any atom is 0.416 e. The van der Waals surface area contributed by atoms with Gasteiger partial charge in [0, 0.05) is 0 Å². The van der Waals surface area contributed by atoms with Gasteiger partial charge in [-0.1, -0.05) is 0 Å². The lowest BCUT2D eigenvalue weighted by Crippen LogP contribution is -2.36. The summed E-state index contributed by atoms with van der Waals surface area (Å²) in [5, 5.41) is 2.77. The maximum atomic E-state index is 12.8. The number of halogens is 3. The zero-order valence-corrected chi connectivity index (χ0v) is 12.0. The topological polar surface area (TPSA) is 97.1 Å². The highest BCUT2D eigenvalue weighted by Crippen LogP contribution is 2.33. The molecule has 0 bridgehead atoms. The summed E-state index contributed by atoms with van der Waals surface area (Å²) >= 11 is 0. The molecule has 1 unspecified atom stereocenters. The summed E-state index contributed by atoms with van der Waals surface area (Å²) in [6, 6.07) is 1.61. The summed E-state index contributed by atoms with van der Waals surface area (Å²) in [5.74, 6) is 4.73. The van der Waals surface area contributed by atoms with Gasteiger partial charge in [-0.2, -0.15) is 13.2 Å². The van der Waals surface area contributed by atoms with Gasteiger partial charge in [0.2, 0.25) is 0 Å². The van der Waals surface area contributed by atoms with Gasteiger partial charge in [0.05, 0.1) is 22.6 Å². The van der Waals surface area contributed by atoms with E-state index in [0.29, 0.717) is 6.42 Å². The summed E-state index contributed by atoms with van der Waals surface area (Å²) in [7, 11) is -3.18. The minimum atomic E-state index is -4.55. The second-order valence-corrected chi connectivity index (χ2v) is 7.48. The average Bonchev–Trinajstić information content (AvgIpc) is 2.61. The second-order valence-electron chi connectivity index (χ2n) is 5.30. The number of aromatic nitrogens is 1. The van der Waals surface area contributed by atoms with E-state index in [0.717, 1.165) is 12.1 Å². The predicted octanol–water partition coefficient (Wildman–Crippen LogP) is 1.38. The monoisotopic (exact) mass is 324 g/mol. The van der Waals surface area contributed by atoms with E-state index in [-0.39, 0.29) is 23.1 Å². The third kappa shape index (κ3) is 3.76. The predicted molar refractivity (Wildman–Crippen MR) is 72.3 cm³/mol. The van der Waals surface area contributed by atoms with Gasteiger partial charge in [0.25, 0.3) is 0 Å². The standard InChI is InChI=1S/C11H15F3N4O2S/c1-10(2-3-21(19,20)6-10)17-8-4-7(11(12,13)14)5-9(16-8)18-15/h4-5H,2-3,6,15H2,1H3,(H2,16,17,18). The van der Waals surface area contributed by atoms with Gasteiger partial charge in [-0.05, 0) is 25.5 Å². The Bertz CT molecular complexity index is 647. The third-order valence-electron chi connectivity index (χ3n) is 3.23. The van der Waals surface area contributed by atoms with Crippen molar-refractivity contribution in [2.75, 3.05) is 22.2 Å². The van der Waals surface area contributed by atoms with Crippen molar-refractivity contribution in [2.24, 2.45) is 5.84 Å². The lowest BCUT2D eigenvalue weighted by molar-refractivity contribution is -0.137. The Kier molecular flexibility index (Phi) is 3.79. The zero-order chi connectivity index (χ0) is 15.9. The van der Waals surface area contributed by atoms with E-state index in [1.165, 1.54) is 0 Å². The number of nitrogen functional groups attached to an aromatic ring is 1. The summed E-state index contributed by atoms with van der Waals surface area (Å²) in [5.41, 5.74) is 0.300. The zero-order valence-electron chi connectivity index (χ0n) is 11.2. The first kappa shape index (κ1) is 15.8. The molecule has 0 radical (unpaired) electrons. The first-order valence-corrected chi connectivity index (χ1v) is 7.90. The number of anilines is 2. The van der Waals surface area contributed by atoms with E-state index >= 15 is 0 Å². The molecule has 0 saturated carbocycles. The number of alkyl halides is 3. The fourth-order valence-corrected chi connectivity index (χ4v) is 4.34. The Morgan fingerprint density at radius 2 is 1.95 bits per heavy atom. The van der Waals surface area contributed by atoms with E-state index in [1.54, 1.807) is 6.92 Å². The Labute approximate surface area is 119 Å². The molecule has 1 fully saturated rings. The molecule has 1 saturated heterocycles. The van der Waals surface area contributed by atoms with Crippen molar-refractivity contribution in [2.45, 2.75) is 25.1 Å². The maximum absolute atomic E-state index is 12.8. The van der Waals surface area contributed by atoms with Crippen molar-refractivity contribution in [3.05, 3.63) is 17.7 Å². The molecular formula is C11H15F3N4O2S. The number of pyridine rings is 1. The molecule has 21 heavy (non-hydrogen) atoms. The lowest BCUT2D eigenvalue weighted by Gasteiger charge is -2.25. The van der Waals surface area contributed by atoms with E-state index in [1.807, 2.05) is 0 Å². The highest BCUT2D eigenvalue weighted by molar-refractivity contribution is 7.91. The van der Waals surface area contributed by atoms with Crippen LogP contribution in [0.4, 0.5) is 24.8 Å². The number of hydrazine groups is 1. The summed E-state index contributed by atoms with van der Waals surface area (Å²) in [6.07, 6.45) is -4.24. The van der Waals surface area contributed by atoms with E-state index in [4.69, 9.17) is 5.84 Å². The van der Waals surface area contributed by atoms with Crippen LogP contribution in [0, 0.1) is 0 Å². The molecule has 2 heterocycles. The van der Waals surface area contributed by atoms with Crippen LogP contribution in [-0.2, 0) is 16.0 Å². The molecule has 0 aromatic carbocycles. The first-order chi connectivity index (χ1) is 9.53. The molecule has 0 aliphatic carbocycles. The van der Waals surface area contributed by atoms with E-state index in [9.17, 15) is 21.6 Å². The Morgan fingerprint density at radius 3 is 2.43 bits per heavy atom.